The van der Waals surface area contributed by atoms with E-state index in [1.165, 1.54) is 10.6 Å². The van der Waals surface area contributed by atoms with Crippen LogP contribution in [0.5, 0.6) is 0 Å². The molecule has 0 aromatic heterocycles. The molecule has 0 spiro atoms. The van der Waals surface area contributed by atoms with Crippen molar-refractivity contribution in [1.29, 1.82) is 0 Å². The van der Waals surface area contributed by atoms with Crippen LogP contribution in [0.25, 0.3) is 0 Å². The number of unbranched alkanes of at least 4 members (excludes halogenated alkanes) is 2. The second-order valence-corrected chi connectivity index (χ2v) is 7.30. The SMILES string of the molecule is CCCCCN(CCNC(=O)CC(C)C)S(C)(=O)=O. The van der Waals surface area contributed by atoms with Gasteiger partial charge in [0.2, 0.25) is 15.9 Å². The van der Waals surface area contributed by atoms with Crippen molar-refractivity contribution in [2.75, 3.05) is 25.9 Å². The summed E-state index contributed by atoms with van der Waals surface area (Å²) in [5.41, 5.74) is 0. The molecule has 1 N–H and O–H groups in total. The molecule has 0 aliphatic rings. The molecule has 0 bridgehead atoms. The highest BCUT2D eigenvalue weighted by atomic mass is 32.2. The average molecular weight is 292 g/mol. The largest absolute Gasteiger partial charge is 0.355 e. The second-order valence-electron chi connectivity index (χ2n) is 5.32. The molecule has 0 saturated carbocycles. The molecule has 0 aromatic carbocycles. The van der Waals surface area contributed by atoms with Gasteiger partial charge in [0.05, 0.1) is 6.26 Å². The van der Waals surface area contributed by atoms with Gasteiger partial charge in [-0.05, 0) is 12.3 Å². The molecular weight excluding hydrogens is 264 g/mol. The highest BCUT2D eigenvalue weighted by molar-refractivity contribution is 7.88. The van der Waals surface area contributed by atoms with Crippen LogP contribution in [0.1, 0.15) is 46.5 Å². The van der Waals surface area contributed by atoms with Crippen molar-refractivity contribution in [2.45, 2.75) is 46.5 Å². The Labute approximate surface area is 117 Å². The van der Waals surface area contributed by atoms with Gasteiger partial charge in [-0.25, -0.2) is 12.7 Å². The molecule has 0 rings (SSSR count). The summed E-state index contributed by atoms with van der Waals surface area (Å²) >= 11 is 0. The smallest absolute Gasteiger partial charge is 0.220 e. The Morgan fingerprint density at radius 1 is 1.21 bits per heavy atom. The lowest BCUT2D eigenvalue weighted by atomic mass is 10.1. The molecule has 19 heavy (non-hydrogen) atoms. The molecule has 0 radical (unpaired) electrons. The quantitative estimate of drug-likeness (QED) is 0.622. The van der Waals surface area contributed by atoms with Gasteiger partial charge in [-0.15, -0.1) is 0 Å². The Kier molecular flexibility index (Phi) is 9.01. The molecule has 0 aromatic rings. The van der Waals surface area contributed by atoms with E-state index in [0.29, 0.717) is 32.0 Å². The van der Waals surface area contributed by atoms with Gasteiger partial charge in [0.25, 0.3) is 0 Å². The van der Waals surface area contributed by atoms with E-state index < -0.39 is 10.0 Å². The summed E-state index contributed by atoms with van der Waals surface area (Å²) in [7, 11) is -3.18. The first-order valence-corrected chi connectivity index (χ1v) is 8.84. The Morgan fingerprint density at radius 3 is 2.32 bits per heavy atom. The lowest BCUT2D eigenvalue weighted by Gasteiger charge is -2.20. The standard InChI is InChI=1S/C13H28N2O3S/c1-5-6-7-9-15(19(4,17)18)10-8-14-13(16)11-12(2)3/h12H,5-11H2,1-4H3,(H,14,16). The molecule has 114 valence electrons. The number of hydrogen-bond donors (Lipinski definition) is 1. The van der Waals surface area contributed by atoms with Crippen LogP contribution in [-0.2, 0) is 14.8 Å². The monoisotopic (exact) mass is 292 g/mol. The van der Waals surface area contributed by atoms with Crippen LogP contribution in [-0.4, -0.2) is 44.5 Å². The Bertz CT molecular complexity index is 353. The molecule has 0 aliphatic heterocycles. The van der Waals surface area contributed by atoms with Crippen molar-refractivity contribution >= 4 is 15.9 Å². The van der Waals surface area contributed by atoms with Crippen LogP contribution in [0.15, 0.2) is 0 Å². The summed E-state index contributed by atoms with van der Waals surface area (Å²) in [6, 6.07) is 0. The van der Waals surface area contributed by atoms with Crippen molar-refractivity contribution in [3.63, 3.8) is 0 Å². The van der Waals surface area contributed by atoms with Crippen LogP contribution in [0.3, 0.4) is 0 Å². The summed E-state index contributed by atoms with van der Waals surface area (Å²) in [5, 5.41) is 2.76. The second kappa shape index (κ2) is 9.31. The molecule has 5 nitrogen and oxygen atoms in total. The third kappa shape index (κ3) is 9.90. The molecule has 0 unspecified atom stereocenters. The van der Waals surface area contributed by atoms with Gasteiger partial charge in [-0.2, -0.15) is 0 Å². The van der Waals surface area contributed by atoms with Crippen LogP contribution >= 0.6 is 0 Å². The van der Waals surface area contributed by atoms with E-state index in [1.54, 1.807) is 0 Å². The number of carbonyl (C=O) groups excluding carboxylic acids is 1. The summed E-state index contributed by atoms with van der Waals surface area (Å²) < 4.78 is 24.6. The predicted molar refractivity (Wildman–Crippen MR) is 78.4 cm³/mol. The summed E-state index contributed by atoms with van der Waals surface area (Å²) in [6.45, 7) is 7.31. The minimum absolute atomic E-state index is 0.0167. The van der Waals surface area contributed by atoms with Crippen molar-refractivity contribution in [3.05, 3.63) is 0 Å². The van der Waals surface area contributed by atoms with Gasteiger partial charge in [-0.3, -0.25) is 4.79 Å². The molecule has 0 aliphatic carbocycles. The van der Waals surface area contributed by atoms with E-state index in [4.69, 9.17) is 0 Å². The fraction of sp³-hybridized carbons (Fsp3) is 0.923. The van der Waals surface area contributed by atoms with Gasteiger partial charge in [-0.1, -0.05) is 33.6 Å². The molecule has 0 saturated heterocycles. The average Bonchev–Trinajstić information content (AvgIpc) is 2.24. The van der Waals surface area contributed by atoms with Gasteiger partial charge >= 0.3 is 0 Å². The Hall–Kier alpha value is -0.620. The van der Waals surface area contributed by atoms with Crippen molar-refractivity contribution < 1.29 is 13.2 Å². The number of hydrogen-bond acceptors (Lipinski definition) is 3. The summed E-state index contributed by atoms with van der Waals surface area (Å²) in [4.78, 5) is 11.5. The lowest BCUT2D eigenvalue weighted by molar-refractivity contribution is -0.121. The van der Waals surface area contributed by atoms with Gasteiger partial charge in [0.15, 0.2) is 0 Å². The van der Waals surface area contributed by atoms with Gasteiger partial charge in [0.1, 0.15) is 0 Å². The Balaban J connectivity index is 4.10. The van der Waals surface area contributed by atoms with E-state index in [1.807, 2.05) is 13.8 Å². The maximum atomic E-state index is 11.6. The van der Waals surface area contributed by atoms with Crippen molar-refractivity contribution in [1.82, 2.24) is 9.62 Å². The molecular formula is C13H28N2O3S. The number of sulfonamides is 1. The first-order valence-electron chi connectivity index (χ1n) is 6.99. The van der Waals surface area contributed by atoms with E-state index >= 15 is 0 Å². The summed E-state index contributed by atoms with van der Waals surface area (Å²) in [5.74, 6) is 0.299. The maximum Gasteiger partial charge on any atom is 0.220 e. The highest BCUT2D eigenvalue weighted by Crippen LogP contribution is 2.03. The number of nitrogens with zero attached hydrogens (tertiary/aromatic N) is 1. The third-order valence-electron chi connectivity index (χ3n) is 2.76. The van der Waals surface area contributed by atoms with Gasteiger partial charge < -0.3 is 5.32 Å². The van der Waals surface area contributed by atoms with Crippen LogP contribution in [0.2, 0.25) is 0 Å². The van der Waals surface area contributed by atoms with Crippen LogP contribution in [0, 0.1) is 5.92 Å². The minimum Gasteiger partial charge on any atom is -0.355 e. The van der Waals surface area contributed by atoms with E-state index in [-0.39, 0.29) is 5.91 Å². The number of carbonyl (C=O) groups is 1. The Morgan fingerprint density at radius 2 is 1.84 bits per heavy atom. The minimum atomic E-state index is -3.18. The first kappa shape index (κ1) is 18.4. The normalized spacial score (nSPS) is 12.1. The molecule has 6 heteroatoms. The molecule has 0 heterocycles. The van der Waals surface area contributed by atoms with Crippen molar-refractivity contribution in [2.24, 2.45) is 5.92 Å². The lowest BCUT2D eigenvalue weighted by Crippen LogP contribution is -2.38. The van der Waals surface area contributed by atoms with Crippen LogP contribution in [0.4, 0.5) is 0 Å². The fourth-order valence-corrected chi connectivity index (χ4v) is 2.63. The fourth-order valence-electron chi connectivity index (χ4n) is 1.74. The topological polar surface area (TPSA) is 66.5 Å². The first-order chi connectivity index (χ1) is 8.77. The molecule has 0 atom stereocenters. The molecule has 1 amide bonds. The third-order valence-corrected chi connectivity index (χ3v) is 4.06. The van der Waals surface area contributed by atoms with Gasteiger partial charge in [0, 0.05) is 26.1 Å². The van der Waals surface area contributed by atoms with E-state index in [2.05, 4.69) is 12.2 Å². The zero-order chi connectivity index (χ0) is 14.9. The van der Waals surface area contributed by atoms with E-state index in [9.17, 15) is 13.2 Å². The zero-order valence-electron chi connectivity index (χ0n) is 12.6. The van der Waals surface area contributed by atoms with E-state index in [0.717, 1.165) is 19.3 Å². The number of rotatable bonds is 10. The number of amides is 1. The highest BCUT2D eigenvalue weighted by Gasteiger charge is 2.15. The zero-order valence-corrected chi connectivity index (χ0v) is 13.4. The maximum absolute atomic E-state index is 11.6. The number of nitrogens with one attached hydrogen (secondary N) is 1. The molecule has 0 fully saturated rings. The van der Waals surface area contributed by atoms with Crippen LogP contribution < -0.4 is 5.32 Å². The summed E-state index contributed by atoms with van der Waals surface area (Å²) in [6.07, 6.45) is 4.64. The predicted octanol–water partition coefficient (Wildman–Crippen LogP) is 1.60. The van der Waals surface area contributed by atoms with Crippen molar-refractivity contribution in [3.8, 4) is 0 Å².